The fraction of sp³-hybridized carbons (Fsp3) is 0.111. The van der Waals surface area contributed by atoms with Crippen molar-refractivity contribution in [3.8, 4) is 11.8 Å². The molecule has 0 heterocycles. The minimum absolute atomic E-state index is 0.0745. The fourth-order valence-electron chi connectivity index (χ4n) is 0.663. The molecule has 0 aliphatic heterocycles. The molecule has 1 aromatic rings. The first-order chi connectivity index (χ1) is 4.93. The van der Waals surface area contributed by atoms with Crippen molar-refractivity contribution >= 4 is 0 Å². The molecule has 0 radical (unpaired) electrons. The van der Waals surface area contributed by atoms with Gasteiger partial charge in [0.25, 0.3) is 0 Å². The van der Waals surface area contributed by atoms with E-state index >= 15 is 0 Å². The van der Waals surface area contributed by atoms with Crippen LogP contribution in [0.2, 0.25) is 0 Å². The zero-order valence-electron chi connectivity index (χ0n) is 5.54. The molecule has 1 aromatic carbocycles. The van der Waals surface area contributed by atoms with Gasteiger partial charge in [-0.05, 0) is 12.1 Å². The third-order valence-electron chi connectivity index (χ3n) is 1.09. The number of hydrogen-bond donors (Lipinski definition) is 1. The predicted molar refractivity (Wildman–Crippen MR) is 40.4 cm³/mol. The number of aliphatic hydroxyl groups is 1. The standard InChI is InChI=1S/C9H8O/c10-8-4-7-9-5-2-1-3-6-9/h1-3,5-6,10H,8H2/i10+2. The number of benzene rings is 1. The van der Waals surface area contributed by atoms with E-state index in [1.807, 2.05) is 30.3 Å². The first-order valence-electron chi connectivity index (χ1n) is 3.08. The Bertz CT molecular complexity index is 240. The van der Waals surface area contributed by atoms with Gasteiger partial charge < -0.3 is 5.11 Å². The molecular weight excluding hydrogens is 126 g/mol. The molecule has 0 saturated carbocycles. The number of rotatable bonds is 0. The SMILES string of the molecule is [18OH]CC#Cc1ccccc1. The minimum Gasteiger partial charge on any atom is -0.384 e. The summed E-state index contributed by atoms with van der Waals surface area (Å²) in [4.78, 5) is 0. The molecule has 0 fully saturated rings. The predicted octanol–water partition coefficient (Wildman–Crippen LogP) is 1.03. The maximum atomic E-state index is 8.35. The molecule has 0 bridgehead atoms. The van der Waals surface area contributed by atoms with Crippen molar-refractivity contribution in [2.24, 2.45) is 0 Å². The lowest BCUT2D eigenvalue weighted by Gasteiger charge is -1.84. The molecule has 50 valence electrons. The second kappa shape index (κ2) is 3.71. The molecule has 0 aliphatic carbocycles. The maximum Gasteiger partial charge on any atom is 0.104 e. The molecule has 0 unspecified atom stereocenters. The second-order valence-electron chi connectivity index (χ2n) is 1.83. The smallest absolute Gasteiger partial charge is 0.104 e. The maximum absolute atomic E-state index is 8.35. The Hall–Kier alpha value is -1.26. The van der Waals surface area contributed by atoms with Crippen LogP contribution in [-0.2, 0) is 0 Å². The van der Waals surface area contributed by atoms with Crippen molar-refractivity contribution in [3.05, 3.63) is 35.9 Å². The Kier molecular flexibility index (Phi) is 2.54. The average Bonchev–Trinajstić information content (AvgIpc) is 2.03. The van der Waals surface area contributed by atoms with Crippen molar-refractivity contribution < 1.29 is 5.11 Å². The third-order valence-corrected chi connectivity index (χ3v) is 1.09. The first kappa shape index (κ1) is 6.85. The molecule has 0 aromatic heterocycles. The Balaban J connectivity index is 2.76. The van der Waals surface area contributed by atoms with E-state index in [0.717, 1.165) is 5.56 Å². The highest BCUT2D eigenvalue weighted by molar-refractivity contribution is 5.33. The van der Waals surface area contributed by atoms with Crippen LogP contribution in [0, 0.1) is 11.8 Å². The number of aliphatic hydroxyl groups excluding tert-OH is 1. The summed E-state index contributed by atoms with van der Waals surface area (Å²) in [5, 5.41) is 8.35. The van der Waals surface area contributed by atoms with Crippen LogP contribution in [0.15, 0.2) is 30.3 Å². The van der Waals surface area contributed by atoms with Crippen LogP contribution in [0.4, 0.5) is 0 Å². The lowest BCUT2D eigenvalue weighted by atomic mass is 10.2. The Morgan fingerprint density at radius 3 is 2.50 bits per heavy atom. The van der Waals surface area contributed by atoms with Crippen molar-refractivity contribution in [2.75, 3.05) is 6.61 Å². The quantitative estimate of drug-likeness (QED) is 0.415. The van der Waals surface area contributed by atoms with Gasteiger partial charge in [0, 0.05) is 5.56 Å². The molecule has 10 heavy (non-hydrogen) atoms. The van der Waals surface area contributed by atoms with Crippen LogP contribution in [0.5, 0.6) is 0 Å². The highest BCUT2D eigenvalue weighted by atomic mass is 18.2. The van der Waals surface area contributed by atoms with E-state index in [1.165, 1.54) is 0 Å². The zero-order valence-corrected chi connectivity index (χ0v) is 5.54. The van der Waals surface area contributed by atoms with Gasteiger partial charge in [-0.15, -0.1) is 0 Å². The van der Waals surface area contributed by atoms with Gasteiger partial charge in [0.15, 0.2) is 0 Å². The number of hydrogen-bond acceptors (Lipinski definition) is 1. The normalized spacial score (nSPS) is 8.10. The minimum atomic E-state index is -0.0745. The zero-order chi connectivity index (χ0) is 7.23. The Morgan fingerprint density at radius 1 is 1.20 bits per heavy atom. The van der Waals surface area contributed by atoms with E-state index < -0.39 is 0 Å². The van der Waals surface area contributed by atoms with Gasteiger partial charge in [-0.25, -0.2) is 0 Å². The third kappa shape index (κ3) is 1.93. The molecule has 1 N–H and O–H groups in total. The fourth-order valence-corrected chi connectivity index (χ4v) is 0.663. The van der Waals surface area contributed by atoms with Crippen LogP contribution in [0.1, 0.15) is 5.56 Å². The Labute approximate surface area is 60.3 Å². The van der Waals surface area contributed by atoms with Gasteiger partial charge >= 0.3 is 0 Å². The van der Waals surface area contributed by atoms with Crippen LogP contribution < -0.4 is 0 Å². The molecule has 0 spiro atoms. The lowest BCUT2D eigenvalue weighted by molar-refractivity contribution is 0.350. The average molecular weight is 134 g/mol. The Morgan fingerprint density at radius 2 is 1.90 bits per heavy atom. The van der Waals surface area contributed by atoms with E-state index in [4.69, 9.17) is 5.11 Å². The topological polar surface area (TPSA) is 20.2 Å². The summed E-state index contributed by atoms with van der Waals surface area (Å²) in [6, 6.07) is 9.58. The summed E-state index contributed by atoms with van der Waals surface area (Å²) < 4.78 is 0. The van der Waals surface area contributed by atoms with Crippen molar-refractivity contribution in [1.29, 1.82) is 0 Å². The second-order valence-corrected chi connectivity index (χ2v) is 1.83. The van der Waals surface area contributed by atoms with E-state index in [2.05, 4.69) is 11.8 Å². The molecule has 1 rings (SSSR count). The van der Waals surface area contributed by atoms with Gasteiger partial charge in [0.1, 0.15) is 6.61 Å². The van der Waals surface area contributed by atoms with E-state index in [1.54, 1.807) is 0 Å². The van der Waals surface area contributed by atoms with Crippen molar-refractivity contribution in [1.82, 2.24) is 0 Å². The molecule has 1 heteroatoms. The van der Waals surface area contributed by atoms with Crippen LogP contribution in [0.3, 0.4) is 0 Å². The van der Waals surface area contributed by atoms with Gasteiger partial charge in [-0.2, -0.15) is 0 Å². The summed E-state index contributed by atoms with van der Waals surface area (Å²) in [5.74, 6) is 5.36. The molecule has 0 saturated heterocycles. The summed E-state index contributed by atoms with van der Waals surface area (Å²) in [7, 11) is 0. The van der Waals surface area contributed by atoms with Gasteiger partial charge in [-0.1, -0.05) is 30.0 Å². The molecule has 0 amide bonds. The summed E-state index contributed by atoms with van der Waals surface area (Å²) in [6.07, 6.45) is 0. The summed E-state index contributed by atoms with van der Waals surface area (Å²) >= 11 is 0. The van der Waals surface area contributed by atoms with Crippen molar-refractivity contribution in [2.45, 2.75) is 0 Å². The van der Waals surface area contributed by atoms with Crippen LogP contribution in [-0.4, -0.2) is 11.7 Å². The lowest BCUT2D eigenvalue weighted by Crippen LogP contribution is -1.74. The molecule has 1 nitrogen and oxygen atoms in total. The highest BCUT2D eigenvalue weighted by Gasteiger charge is 1.78. The summed E-state index contributed by atoms with van der Waals surface area (Å²) in [5.41, 5.74) is 0.941. The van der Waals surface area contributed by atoms with E-state index in [0.29, 0.717) is 0 Å². The largest absolute Gasteiger partial charge is 0.384 e. The molecular formula is C9H8O. The van der Waals surface area contributed by atoms with Crippen LogP contribution >= 0.6 is 0 Å². The van der Waals surface area contributed by atoms with Crippen molar-refractivity contribution in [3.63, 3.8) is 0 Å². The highest BCUT2D eigenvalue weighted by Crippen LogP contribution is 1.93. The molecule has 0 atom stereocenters. The first-order valence-corrected chi connectivity index (χ1v) is 3.08. The molecule has 0 aliphatic rings. The van der Waals surface area contributed by atoms with Crippen LogP contribution in [0.25, 0.3) is 0 Å². The van der Waals surface area contributed by atoms with Gasteiger partial charge in [-0.3, -0.25) is 0 Å². The summed E-state index contributed by atoms with van der Waals surface area (Å²) in [6.45, 7) is -0.0745. The van der Waals surface area contributed by atoms with E-state index in [9.17, 15) is 0 Å². The van der Waals surface area contributed by atoms with Gasteiger partial charge in [0.05, 0.1) is 0 Å². The monoisotopic (exact) mass is 134 g/mol. The van der Waals surface area contributed by atoms with Gasteiger partial charge in [0.2, 0.25) is 0 Å². The van der Waals surface area contributed by atoms with E-state index in [-0.39, 0.29) is 6.61 Å².